The number of carbonyl (C=O) groups excluding carboxylic acids is 1. The number of hydrogen-bond acceptors (Lipinski definition) is 5. The molecule has 0 saturated carbocycles. The number of furan rings is 1. The van der Waals surface area contributed by atoms with E-state index < -0.39 is 0 Å². The molecule has 5 nitrogen and oxygen atoms in total. The Hall–Kier alpha value is -2.60. The van der Waals surface area contributed by atoms with Crippen LogP contribution >= 0.6 is 11.3 Å². The smallest absolute Gasteiger partial charge is 0.258 e. The summed E-state index contributed by atoms with van der Waals surface area (Å²) in [5.74, 6) is 1.91. The molecule has 124 valence electrons. The van der Waals surface area contributed by atoms with E-state index >= 15 is 0 Å². The van der Waals surface area contributed by atoms with E-state index in [0.717, 1.165) is 16.3 Å². The number of aryl methyl sites for hydroxylation is 2. The molecular weight excluding hydrogens is 324 g/mol. The average molecular weight is 342 g/mol. The van der Waals surface area contributed by atoms with Gasteiger partial charge in [0.2, 0.25) is 0 Å². The highest BCUT2D eigenvalue weighted by atomic mass is 32.1. The quantitative estimate of drug-likeness (QED) is 0.741. The predicted molar refractivity (Wildman–Crippen MR) is 93.1 cm³/mol. The first kappa shape index (κ1) is 16.3. The molecule has 0 bridgehead atoms. The zero-order valence-electron chi connectivity index (χ0n) is 13.5. The third kappa shape index (κ3) is 4.02. The Bertz CT molecular complexity index is 838. The third-order valence-electron chi connectivity index (χ3n) is 3.45. The van der Waals surface area contributed by atoms with Gasteiger partial charge in [0.1, 0.15) is 17.2 Å². The summed E-state index contributed by atoms with van der Waals surface area (Å²) in [5, 5.41) is 5.72. The van der Waals surface area contributed by atoms with Gasteiger partial charge in [-0.3, -0.25) is 4.79 Å². The van der Waals surface area contributed by atoms with Crippen molar-refractivity contribution in [3.8, 4) is 17.2 Å². The van der Waals surface area contributed by atoms with E-state index in [0.29, 0.717) is 23.8 Å². The van der Waals surface area contributed by atoms with Crippen LogP contribution in [-0.2, 0) is 11.3 Å². The van der Waals surface area contributed by atoms with Gasteiger partial charge in [-0.2, -0.15) is 0 Å². The Morgan fingerprint density at radius 3 is 2.83 bits per heavy atom. The fourth-order valence-corrected chi connectivity index (χ4v) is 2.79. The number of nitrogens with one attached hydrogen (secondary N) is 1. The summed E-state index contributed by atoms with van der Waals surface area (Å²) < 4.78 is 11.2. The summed E-state index contributed by atoms with van der Waals surface area (Å²) in [6, 6.07) is 11.3. The number of rotatable bonds is 6. The molecule has 0 aliphatic rings. The molecule has 0 saturated heterocycles. The van der Waals surface area contributed by atoms with Crippen LogP contribution in [0.15, 0.2) is 46.2 Å². The van der Waals surface area contributed by atoms with E-state index in [-0.39, 0.29) is 12.5 Å². The molecule has 0 aliphatic carbocycles. The Morgan fingerprint density at radius 2 is 2.08 bits per heavy atom. The zero-order chi connectivity index (χ0) is 16.9. The molecule has 0 atom stereocenters. The lowest BCUT2D eigenvalue weighted by Crippen LogP contribution is -2.28. The van der Waals surface area contributed by atoms with E-state index in [1.165, 1.54) is 0 Å². The van der Waals surface area contributed by atoms with E-state index in [9.17, 15) is 4.79 Å². The number of para-hydroxylation sites is 1. The molecule has 1 N–H and O–H groups in total. The van der Waals surface area contributed by atoms with E-state index in [4.69, 9.17) is 9.15 Å². The predicted octanol–water partition coefficient (Wildman–Crippen LogP) is 3.72. The lowest BCUT2D eigenvalue weighted by molar-refractivity contribution is -0.123. The maximum Gasteiger partial charge on any atom is 0.258 e. The summed E-state index contributed by atoms with van der Waals surface area (Å²) >= 11 is 1.57. The minimum Gasteiger partial charge on any atom is -0.484 e. The van der Waals surface area contributed by atoms with Gasteiger partial charge in [0.05, 0.1) is 11.6 Å². The van der Waals surface area contributed by atoms with Crippen LogP contribution < -0.4 is 10.1 Å². The standard InChI is InChI=1S/C18H18N2O3S/c1-12-5-3-4-6-16(12)22-10-18(21)19-9-14-7-8-17(23-14)15-11-24-13(2)20-15/h3-8,11H,9-10H2,1-2H3,(H,19,21). The Morgan fingerprint density at radius 1 is 1.25 bits per heavy atom. The lowest BCUT2D eigenvalue weighted by Gasteiger charge is -2.08. The first-order valence-corrected chi connectivity index (χ1v) is 8.46. The topological polar surface area (TPSA) is 64.4 Å². The molecule has 3 rings (SSSR count). The molecule has 1 amide bonds. The number of aromatic nitrogens is 1. The highest BCUT2D eigenvalue weighted by Crippen LogP contribution is 2.23. The van der Waals surface area contributed by atoms with Crippen LogP contribution in [0.25, 0.3) is 11.5 Å². The van der Waals surface area contributed by atoms with Crippen molar-refractivity contribution in [2.45, 2.75) is 20.4 Å². The number of ether oxygens (including phenoxy) is 1. The van der Waals surface area contributed by atoms with Gasteiger partial charge in [0.25, 0.3) is 5.91 Å². The second-order valence-corrected chi connectivity index (χ2v) is 6.41. The maximum atomic E-state index is 11.9. The second-order valence-electron chi connectivity index (χ2n) is 5.35. The molecule has 0 radical (unpaired) electrons. The van der Waals surface area contributed by atoms with Crippen LogP contribution in [0.5, 0.6) is 5.75 Å². The number of benzene rings is 1. The van der Waals surface area contributed by atoms with Gasteiger partial charge in [-0.1, -0.05) is 18.2 Å². The van der Waals surface area contributed by atoms with E-state index in [2.05, 4.69) is 10.3 Å². The van der Waals surface area contributed by atoms with Crippen molar-refractivity contribution in [2.24, 2.45) is 0 Å². The number of thiazole rings is 1. The van der Waals surface area contributed by atoms with Gasteiger partial charge in [0.15, 0.2) is 12.4 Å². The second kappa shape index (κ2) is 7.31. The minimum absolute atomic E-state index is 0.0241. The van der Waals surface area contributed by atoms with Crippen LogP contribution in [0.1, 0.15) is 16.3 Å². The van der Waals surface area contributed by atoms with Crippen molar-refractivity contribution in [2.75, 3.05) is 6.61 Å². The molecule has 2 aromatic heterocycles. The highest BCUT2D eigenvalue weighted by molar-refractivity contribution is 7.09. The van der Waals surface area contributed by atoms with Gasteiger partial charge in [0, 0.05) is 5.38 Å². The van der Waals surface area contributed by atoms with E-state index in [1.807, 2.05) is 55.6 Å². The highest BCUT2D eigenvalue weighted by Gasteiger charge is 2.09. The molecule has 6 heteroatoms. The number of carbonyl (C=O) groups is 1. The molecule has 3 aromatic rings. The lowest BCUT2D eigenvalue weighted by atomic mass is 10.2. The fourth-order valence-electron chi connectivity index (χ4n) is 2.19. The SMILES string of the molecule is Cc1nc(-c2ccc(CNC(=O)COc3ccccc3C)o2)cs1. The summed E-state index contributed by atoms with van der Waals surface area (Å²) in [6.07, 6.45) is 0. The molecule has 24 heavy (non-hydrogen) atoms. The Kier molecular flexibility index (Phi) is 4.96. The van der Waals surface area contributed by atoms with Crippen LogP contribution in [0.2, 0.25) is 0 Å². The third-order valence-corrected chi connectivity index (χ3v) is 4.22. The normalized spacial score (nSPS) is 10.6. The van der Waals surface area contributed by atoms with Crippen molar-refractivity contribution < 1.29 is 13.9 Å². The first-order valence-electron chi connectivity index (χ1n) is 7.58. The molecule has 1 aromatic carbocycles. The fraction of sp³-hybridized carbons (Fsp3) is 0.222. The van der Waals surface area contributed by atoms with E-state index in [1.54, 1.807) is 11.3 Å². The van der Waals surface area contributed by atoms with Crippen molar-refractivity contribution in [1.82, 2.24) is 10.3 Å². The molecule has 0 unspecified atom stereocenters. The monoisotopic (exact) mass is 342 g/mol. The van der Waals surface area contributed by atoms with Gasteiger partial charge >= 0.3 is 0 Å². The summed E-state index contributed by atoms with van der Waals surface area (Å²) in [7, 11) is 0. The van der Waals surface area contributed by atoms with Crippen LogP contribution in [0.3, 0.4) is 0 Å². The summed E-state index contributed by atoms with van der Waals surface area (Å²) in [6.45, 7) is 4.19. The maximum absolute atomic E-state index is 11.9. The van der Waals surface area contributed by atoms with Crippen molar-refractivity contribution in [1.29, 1.82) is 0 Å². The molecule has 0 fully saturated rings. The molecule has 0 spiro atoms. The average Bonchev–Trinajstić information content (AvgIpc) is 3.21. The Labute approximate surface area is 144 Å². The summed E-state index contributed by atoms with van der Waals surface area (Å²) in [5.41, 5.74) is 1.82. The first-order chi connectivity index (χ1) is 11.6. The zero-order valence-corrected chi connectivity index (χ0v) is 14.4. The molecular formula is C18H18N2O3S. The van der Waals surface area contributed by atoms with Gasteiger partial charge in [-0.05, 0) is 37.6 Å². The number of nitrogens with zero attached hydrogens (tertiary/aromatic N) is 1. The van der Waals surface area contributed by atoms with Crippen LogP contribution in [0.4, 0.5) is 0 Å². The summed E-state index contributed by atoms with van der Waals surface area (Å²) in [4.78, 5) is 16.3. The van der Waals surface area contributed by atoms with Crippen molar-refractivity contribution in [3.05, 3.63) is 58.1 Å². The number of hydrogen-bond donors (Lipinski definition) is 1. The largest absolute Gasteiger partial charge is 0.484 e. The van der Waals surface area contributed by atoms with Crippen LogP contribution in [0, 0.1) is 13.8 Å². The Balaban J connectivity index is 1.50. The van der Waals surface area contributed by atoms with Gasteiger partial charge in [-0.15, -0.1) is 11.3 Å². The molecule has 2 heterocycles. The molecule has 0 aliphatic heterocycles. The van der Waals surface area contributed by atoms with Gasteiger partial charge in [-0.25, -0.2) is 4.98 Å². The van der Waals surface area contributed by atoms with Gasteiger partial charge < -0.3 is 14.5 Å². The van der Waals surface area contributed by atoms with Crippen molar-refractivity contribution in [3.63, 3.8) is 0 Å². The minimum atomic E-state index is -0.194. The van der Waals surface area contributed by atoms with Crippen molar-refractivity contribution >= 4 is 17.2 Å². The van der Waals surface area contributed by atoms with Crippen LogP contribution in [-0.4, -0.2) is 17.5 Å². The number of amides is 1.